The topological polar surface area (TPSA) is 66.6 Å². The second-order valence-electron chi connectivity index (χ2n) is 7.41. The molecule has 7 heteroatoms. The van der Waals surface area contributed by atoms with Gasteiger partial charge >= 0.3 is 0 Å². The van der Waals surface area contributed by atoms with Crippen molar-refractivity contribution >= 4 is 11.7 Å². The maximum Gasteiger partial charge on any atom is 0.253 e. The number of nitrogens with zero attached hydrogens (tertiary/aromatic N) is 6. The number of rotatable bonds is 5. The molecule has 0 atom stereocenters. The van der Waals surface area contributed by atoms with Gasteiger partial charge in [0, 0.05) is 43.7 Å². The van der Waals surface area contributed by atoms with Crippen molar-refractivity contribution in [2.45, 2.75) is 25.7 Å². The molecule has 1 fully saturated rings. The fourth-order valence-corrected chi connectivity index (χ4v) is 3.65. The molecule has 0 N–H and O–H groups in total. The molecule has 0 bridgehead atoms. The highest BCUT2D eigenvalue weighted by Gasteiger charge is 2.14. The second-order valence-corrected chi connectivity index (χ2v) is 7.41. The molecule has 2 aromatic heterocycles. The number of carbonyl (C=O) groups is 1. The summed E-state index contributed by atoms with van der Waals surface area (Å²) in [6, 6.07) is 7.67. The highest BCUT2D eigenvalue weighted by Crippen LogP contribution is 2.19. The minimum absolute atomic E-state index is 0.0613. The number of fused-ring (bicyclic) bond motifs is 1. The monoisotopic (exact) mass is 378 g/mol. The van der Waals surface area contributed by atoms with Crippen LogP contribution in [-0.4, -0.2) is 68.5 Å². The largest absolute Gasteiger partial charge is 0.340 e. The van der Waals surface area contributed by atoms with Crippen molar-refractivity contribution in [3.8, 4) is 11.1 Å². The van der Waals surface area contributed by atoms with E-state index in [4.69, 9.17) is 0 Å². The fraction of sp³-hybridized carbons (Fsp3) is 0.429. The van der Waals surface area contributed by atoms with Crippen LogP contribution in [0.3, 0.4) is 0 Å². The van der Waals surface area contributed by atoms with Gasteiger partial charge in [-0.1, -0.05) is 25.0 Å². The number of hydrogen-bond donors (Lipinski definition) is 0. The van der Waals surface area contributed by atoms with Gasteiger partial charge in [-0.25, -0.2) is 9.50 Å². The molecule has 146 valence electrons. The first-order chi connectivity index (χ1) is 13.7. The molecule has 1 saturated heterocycles. The van der Waals surface area contributed by atoms with Gasteiger partial charge in [0.25, 0.3) is 11.7 Å². The molecule has 1 aliphatic heterocycles. The molecule has 1 amide bonds. The first kappa shape index (κ1) is 18.6. The van der Waals surface area contributed by atoms with Crippen molar-refractivity contribution in [3.05, 3.63) is 48.5 Å². The van der Waals surface area contributed by atoms with Gasteiger partial charge in [-0.05, 0) is 43.6 Å². The Morgan fingerprint density at radius 3 is 2.54 bits per heavy atom. The first-order valence-corrected chi connectivity index (χ1v) is 9.94. The highest BCUT2D eigenvalue weighted by molar-refractivity contribution is 5.94. The lowest BCUT2D eigenvalue weighted by molar-refractivity contribution is 0.0778. The zero-order valence-corrected chi connectivity index (χ0v) is 16.3. The molecule has 0 radical (unpaired) electrons. The molecule has 3 heterocycles. The normalized spacial score (nSPS) is 15.5. The van der Waals surface area contributed by atoms with Crippen LogP contribution in [0.15, 0.2) is 43.0 Å². The minimum Gasteiger partial charge on any atom is -0.340 e. The molecule has 28 heavy (non-hydrogen) atoms. The number of hydrogen-bond acceptors (Lipinski definition) is 5. The van der Waals surface area contributed by atoms with Gasteiger partial charge in [0.1, 0.15) is 6.33 Å². The number of amides is 1. The Labute approximate surface area is 165 Å². The molecule has 0 unspecified atom stereocenters. The van der Waals surface area contributed by atoms with Gasteiger partial charge in [-0.15, -0.1) is 0 Å². The van der Waals surface area contributed by atoms with E-state index in [9.17, 15) is 4.79 Å². The Hall–Kier alpha value is -2.80. The first-order valence-electron chi connectivity index (χ1n) is 9.94. The van der Waals surface area contributed by atoms with E-state index in [-0.39, 0.29) is 5.91 Å². The fourth-order valence-electron chi connectivity index (χ4n) is 3.65. The predicted molar refractivity (Wildman–Crippen MR) is 108 cm³/mol. The van der Waals surface area contributed by atoms with Gasteiger partial charge in [0.05, 0.1) is 0 Å². The molecular weight excluding hydrogens is 352 g/mol. The van der Waals surface area contributed by atoms with Crippen molar-refractivity contribution in [2.75, 3.05) is 33.2 Å². The van der Waals surface area contributed by atoms with Crippen LogP contribution in [0.25, 0.3) is 16.9 Å². The Morgan fingerprint density at radius 1 is 1.04 bits per heavy atom. The smallest absolute Gasteiger partial charge is 0.253 e. The lowest BCUT2D eigenvalue weighted by Crippen LogP contribution is -2.36. The summed E-state index contributed by atoms with van der Waals surface area (Å²) in [5, 5.41) is 4.12. The number of likely N-dealkylation sites (N-methyl/N-ethyl adjacent to an activating group) is 1. The molecule has 4 rings (SSSR count). The Morgan fingerprint density at radius 2 is 1.79 bits per heavy atom. The van der Waals surface area contributed by atoms with Crippen molar-refractivity contribution in [3.63, 3.8) is 0 Å². The van der Waals surface area contributed by atoms with Crippen LogP contribution in [0, 0.1) is 0 Å². The van der Waals surface area contributed by atoms with Crippen LogP contribution < -0.4 is 0 Å². The standard InChI is InChI=1S/C21H26N6O/c1-25(12-13-26-10-4-2-3-5-11-26)20(28)18-8-6-17(7-9-18)19-14-22-21-23-16-24-27(21)15-19/h6-9,14-16H,2-5,10-13H2,1H3. The maximum atomic E-state index is 12.7. The van der Waals surface area contributed by atoms with E-state index >= 15 is 0 Å². The number of benzene rings is 1. The summed E-state index contributed by atoms with van der Waals surface area (Å²) in [6.07, 6.45) is 10.3. The van der Waals surface area contributed by atoms with Crippen LogP contribution in [0.1, 0.15) is 36.0 Å². The highest BCUT2D eigenvalue weighted by atomic mass is 16.2. The van der Waals surface area contributed by atoms with Gasteiger partial charge in [-0.3, -0.25) is 4.79 Å². The summed E-state index contributed by atoms with van der Waals surface area (Å²) in [5.74, 6) is 0.632. The molecule has 1 aliphatic rings. The third-order valence-electron chi connectivity index (χ3n) is 5.40. The molecule has 7 nitrogen and oxygen atoms in total. The summed E-state index contributed by atoms with van der Waals surface area (Å²) >= 11 is 0. The third-order valence-corrected chi connectivity index (χ3v) is 5.40. The van der Waals surface area contributed by atoms with Crippen LogP contribution in [0.4, 0.5) is 0 Å². The maximum absolute atomic E-state index is 12.7. The lowest BCUT2D eigenvalue weighted by atomic mass is 10.1. The predicted octanol–water partition coefficient (Wildman–Crippen LogP) is 2.74. The van der Waals surface area contributed by atoms with Gasteiger partial charge in [0.2, 0.25) is 0 Å². The van der Waals surface area contributed by atoms with Crippen molar-refractivity contribution in [1.29, 1.82) is 0 Å². The minimum atomic E-state index is 0.0613. The molecule has 0 spiro atoms. The number of carbonyl (C=O) groups excluding carboxylic acids is 1. The average Bonchev–Trinajstić information content (AvgIpc) is 3.05. The number of likely N-dealkylation sites (tertiary alicyclic amines) is 1. The second kappa shape index (κ2) is 8.48. The van der Waals surface area contributed by atoms with E-state index in [0.29, 0.717) is 11.3 Å². The van der Waals surface area contributed by atoms with E-state index in [2.05, 4.69) is 20.0 Å². The zero-order valence-electron chi connectivity index (χ0n) is 16.3. The van der Waals surface area contributed by atoms with Crippen LogP contribution in [-0.2, 0) is 0 Å². The molecule has 1 aromatic carbocycles. The summed E-state index contributed by atoms with van der Waals surface area (Å²) in [6.45, 7) is 4.01. The van der Waals surface area contributed by atoms with Crippen molar-refractivity contribution < 1.29 is 4.79 Å². The Bertz CT molecular complexity index is 927. The average molecular weight is 378 g/mol. The zero-order chi connectivity index (χ0) is 19.3. The lowest BCUT2D eigenvalue weighted by Gasteiger charge is -2.24. The summed E-state index contributed by atoms with van der Waals surface area (Å²) in [4.78, 5) is 25.4. The van der Waals surface area contributed by atoms with Gasteiger partial charge < -0.3 is 9.80 Å². The van der Waals surface area contributed by atoms with Crippen molar-refractivity contribution in [1.82, 2.24) is 29.4 Å². The summed E-state index contributed by atoms with van der Waals surface area (Å²) < 4.78 is 1.64. The van der Waals surface area contributed by atoms with E-state index in [1.807, 2.05) is 42.4 Å². The number of aromatic nitrogens is 4. The molecule has 0 aliphatic carbocycles. The summed E-state index contributed by atoms with van der Waals surface area (Å²) in [5.41, 5.74) is 2.64. The third kappa shape index (κ3) is 4.20. The molecule has 3 aromatic rings. The van der Waals surface area contributed by atoms with Gasteiger partial charge in [0.15, 0.2) is 0 Å². The SMILES string of the molecule is CN(CCN1CCCCCC1)C(=O)c1ccc(-c2cnc3ncnn3c2)cc1. The van der Waals surface area contributed by atoms with E-state index in [1.54, 1.807) is 10.7 Å². The molecular formula is C21H26N6O. The van der Waals surface area contributed by atoms with Crippen molar-refractivity contribution in [2.24, 2.45) is 0 Å². The van der Waals surface area contributed by atoms with E-state index in [1.165, 1.54) is 32.0 Å². The van der Waals surface area contributed by atoms with Crippen LogP contribution >= 0.6 is 0 Å². The van der Waals surface area contributed by atoms with Crippen LogP contribution in [0.2, 0.25) is 0 Å². The Balaban J connectivity index is 1.38. The summed E-state index contributed by atoms with van der Waals surface area (Å²) in [7, 11) is 1.89. The Kier molecular flexibility index (Phi) is 5.62. The van der Waals surface area contributed by atoms with E-state index in [0.717, 1.165) is 37.3 Å². The van der Waals surface area contributed by atoms with Gasteiger partial charge in [-0.2, -0.15) is 10.1 Å². The molecule has 0 saturated carbocycles. The van der Waals surface area contributed by atoms with Crippen LogP contribution in [0.5, 0.6) is 0 Å². The quantitative estimate of drug-likeness (QED) is 0.683. The van der Waals surface area contributed by atoms with E-state index < -0.39 is 0 Å².